The van der Waals surface area contributed by atoms with Crippen LogP contribution in [0.5, 0.6) is 0 Å². The number of hydrogen-bond acceptors (Lipinski definition) is 3. The quantitative estimate of drug-likeness (QED) is 0.657. The van der Waals surface area contributed by atoms with Gasteiger partial charge in [-0.25, -0.2) is 0 Å². The number of carbonyl (C=O) groups excluding carboxylic acids is 1. The Morgan fingerprint density at radius 3 is 2.59 bits per heavy atom. The van der Waals surface area contributed by atoms with Crippen molar-refractivity contribution in [1.82, 2.24) is 10.2 Å². The monoisotopic (exact) mass is 239 g/mol. The summed E-state index contributed by atoms with van der Waals surface area (Å²) in [6.07, 6.45) is 2.43. The Labute approximate surface area is 105 Å². The lowest BCUT2D eigenvalue weighted by molar-refractivity contribution is -0.123. The van der Waals surface area contributed by atoms with E-state index in [2.05, 4.69) is 31.1 Å². The molecule has 1 amide bonds. The van der Waals surface area contributed by atoms with Crippen LogP contribution in [-0.2, 0) is 4.79 Å². The molecular weight excluding hydrogens is 214 g/mol. The molecule has 0 radical (unpaired) electrons. The SMILES string of the molecule is CCCC(C#N)C(=O)NCCCN(C)C(C)C. The molecule has 0 aromatic heterocycles. The summed E-state index contributed by atoms with van der Waals surface area (Å²) in [5.41, 5.74) is 0. The Bertz CT molecular complexity index is 258. The number of hydrogen-bond donors (Lipinski definition) is 1. The van der Waals surface area contributed by atoms with Gasteiger partial charge in [-0.05, 0) is 40.3 Å². The molecule has 0 aliphatic heterocycles. The molecule has 17 heavy (non-hydrogen) atoms. The molecule has 0 aliphatic carbocycles. The second-order valence-corrected chi connectivity index (χ2v) is 4.69. The van der Waals surface area contributed by atoms with E-state index in [9.17, 15) is 4.79 Å². The van der Waals surface area contributed by atoms with Crippen molar-refractivity contribution in [3.05, 3.63) is 0 Å². The lowest BCUT2D eigenvalue weighted by Crippen LogP contribution is -2.34. The van der Waals surface area contributed by atoms with Crippen molar-refractivity contribution < 1.29 is 4.79 Å². The smallest absolute Gasteiger partial charge is 0.237 e. The first-order valence-corrected chi connectivity index (χ1v) is 6.40. The molecule has 4 nitrogen and oxygen atoms in total. The van der Waals surface area contributed by atoms with E-state index in [1.165, 1.54) is 0 Å². The average molecular weight is 239 g/mol. The van der Waals surface area contributed by atoms with Gasteiger partial charge in [0.1, 0.15) is 5.92 Å². The lowest BCUT2D eigenvalue weighted by Gasteiger charge is -2.20. The first kappa shape index (κ1) is 15.9. The Morgan fingerprint density at radius 2 is 2.12 bits per heavy atom. The summed E-state index contributed by atoms with van der Waals surface area (Å²) in [4.78, 5) is 13.8. The van der Waals surface area contributed by atoms with Gasteiger partial charge in [-0.2, -0.15) is 5.26 Å². The van der Waals surface area contributed by atoms with E-state index in [1.54, 1.807) is 0 Å². The average Bonchev–Trinajstić information content (AvgIpc) is 2.30. The molecule has 1 unspecified atom stereocenters. The van der Waals surface area contributed by atoms with Crippen LogP contribution in [0.1, 0.15) is 40.0 Å². The van der Waals surface area contributed by atoms with Gasteiger partial charge in [0.2, 0.25) is 5.91 Å². The van der Waals surface area contributed by atoms with E-state index in [0.717, 1.165) is 19.4 Å². The summed E-state index contributed by atoms with van der Waals surface area (Å²) >= 11 is 0. The van der Waals surface area contributed by atoms with Gasteiger partial charge in [0, 0.05) is 12.6 Å². The van der Waals surface area contributed by atoms with E-state index in [4.69, 9.17) is 5.26 Å². The van der Waals surface area contributed by atoms with Crippen molar-refractivity contribution in [3.8, 4) is 6.07 Å². The molecule has 0 spiro atoms. The van der Waals surface area contributed by atoms with Crippen molar-refractivity contribution in [2.75, 3.05) is 20.1 Å². The highest BCUT2D eigenvalue weighted by Crippen LogP contribution is 2.04. The van der Waals surface area contributed by atoms with E-state index in [1.807, 2.05) is 13.0 Å². The summed E-state index contributed by atoms with van der Waals surface area (Å²) in [6.45, 7) is 7.88. The third-order valence-corrected chi connectivity index (χ3v) is 2.92. The second-order valence-electron chi connectivity index (χ2n) is 4.69. The zero-order valence-corrected chi connectivity index (χ0v) is 11.5. The largest absolute Gasteiger partial charge is 0.355 e. The molecule has 0 aromatic rings. The van der Waals surface area contributed by atoms with Crippen LogP contribution >= 0.6 is 0 Å². The van der Waals surface area contributed by atoms with Crippen molar-refractivity contribution in [1.29, 1.82) is 5.26 Å². The van der Waals surface area contributed by atoms with E-state index in [0.29, 0.717) is 19.0 Å². The van der Waals surface area contributed by atoms with Crippen LogP contribution in [0.15, 0.2) is 0 Å². The maximum absolute atomic E-state index is 11.6. The molecule has 0 rings (SSSR count). The van der Waals surface area contributed by atoms with Gasteiger partial charge in [-0.3, -0.25) is 4.79 Å². The molecule has 98 valence electrons. The minimum absolute atomic E-state index is 0.124. The molecule has 1 N–H and O–H groups in total. The predicted molar refractivity (Wildman–Crippen MR) is 69.4 cm³/mol. The van der Waals surface area contributed by atoms with Crippen LogP contribution in [0.25, 0.3) is 0 Å². The fourth-order valence-corrected chi connectivity index (χ4v) is 1.46. The van der Waals surface area contributed by atoms with Gasteiger partial charge in [-0.1, -0.05) is 13.3 Å². The Kier molecular flexibility index (Phi) is 8.43. The minimum atomic E-state index is -0.483. The maximum Gasteiger partial charge on any atom is 0.237 e. The second kappa shape index (κ2) is 9.00. The molecule has 0 heterocycles. The van der Waals surface area contributed by atoms with Gasteiger partial charge < -0.3 is 10.2 Å². The first-order valence-electron chi connectivity index (χ1n) is 6.40. The third-order valence-electron chi connectivity index (χ3n) is 2.92. The van der Waals surface area contributed by atoms with Crippen LogP contribution in [0.3, 0.4) is 0 Å². The van der Waals surface area contributed by atoms with Crippen molar-refractivity contribution in [2.24, 2.45) is 5.92 Å². The van der Waals surface area contributed by atoms with Gasteiger partial charge in [0.25, 0.3) is 0 Å². The number of nitrogens with one attached hydrogen (secondary N) is 1. The summed E-state index contributed by atoms with van der Waals surface area (Å²) in [7, 11) is 2.07. The zero-order chi connectivity index (χ0) is 13.3. The minimum Gasteiger partial charge on any atom is -0.355 e. The Morgan fingerprint density at radius 1 is 1.47 bits per heavy atom. The zero-order valence-electron chi connectivity index (χ0n) is 11.5. The highest BCUT2D eigenvalue weighted by atomic mass is 16.1. The van der Waals surface area contributed by atoms with Gasteiger partial charge in [0.15, 0.2) is 0 Å². The number of carbonyl (C=O) groups is 1. The Hall–Kier alpha value is -1.08. The molecule has 1 atom stereocenters. The van der Waals surface area contributed by atoms with Crippen LogP contribution in [0.2, 0.25) is 0 Å². The van der Waals surface area contributed by atoms with E-state index >= 15 is 0 Å². The van der Waals surface area contributed by atoms with Crippen molar-refractivity contribution >= 4 is 5.91 Å². The van der Waals surface area contributed by atoms with Gasteiger partial charge in [-0.15, -0.1) is 0 Å². The number of amides is 1. The summed E-state index contributed by atoms with van der Waals surface area (Å²) < 4.78 is 0. The molecule has 0 fully saturated rings. The highest BCUT2D eigenvalue weighted by molar-refractivity contribution is 5.80. The molecule has 0 saturated heterocycles. The first-order chi connectivity index (χ1) is 8.02. The van der Waals surface area contributed by atoms with Crippen LogP contribution in [-0.4, -0.2) is 37.0 Å². The maximum atomic E-state index is 11.6. The summed E-state index contributed by atoms with van der Waals surface area (Å²) in [5.74, 6) is -0.607. The lowest BCUT2D eigenvalue weighted by atomic mass is 10.1. The summed E-state index contributed by atoms with van der Waals surface area (Å²) in [5, 5.41) is 11.7. The van der Waals surface area contributed by atoms with Crippen LogP contribution < -0.4 is 5.32 Å². The number of nitriles is 1. The molecule has 0 bridgehead atoms. The van der Waals surface area contributed by atoms with Gasteiger partial charge in [0.05, 0.1) is 6.07 Å². The van der Waals surface area contributed by atoms with E-state index in [-0.39, 0.29) is 5.91 Å². The number of nitrogens with zero attached hydrogens (tertiary/aromatic N) is 2. The Balaban J connectivity index is 3.74. The molecule has 0 aliphatic rings. The standard InChI is InChI=1S/C13H25N3O/c1-5-7-12(10-14)13(17)15-8-6-9-16(4)11(2)3/h11-12H,5-9H2,1-4H3,(H,15,17). The molecule has 4 heteroatoms. The molecule has 0 saturated carbocycles. The van der Waals surface area contributed by atoms with Crippen molar-refractivity contribution in [3.63, 3.8) is 0 Å². The predicted octanol–water partition coefficient (Wildman–Crippen LogP) is 1.77. The molecular formula is C13H25N3O. The van der Waals surface area contributed by atoms with Crippen LogP contribution in [0, 0.1) is 17.2 Å². The molecule has 0 aromatic carbocycles. The highest BCUT2D eigenvalue weighted by Gasteiger charge is 2.15. The normalized spacial score (nSPS) is 12.5. The van der Waals surface area contributed by atoms with Crippen LogP contribution in [0.4, 0.5) is 0 Å². The fraction of sp³-hybridized carbons (Fsp3) is 0.846. The van der Waals surface area contributed by atoms with Gasteiger partial charge >= 0.3 is 0 Å². The number of rotatable bonds is 8. The van der Waals surface area contributed by atoms with Crippen molar-refractivity contribution in [2.45, 2.75) is 46.1 Å². The fourth-order valence-electron chi connectivity index (χ4n) is 1.46. The van der Waals surface area contributed by atoms with E-state index < -0.39 is 5.92 Å². The third kappa shape index (κ3) is 6.96. The summed E-state index contributed by atoms with van der Waals surface area (Å²) in [6, 6.07) is 2.57. The topological polar surface area (TPSA) is 56.1 Å².